The Hall–Kier alpha value is -3.48. The fraction of sp³-hybridized carbons (Fsp3) is 0.333. The summed E-state index contributed by atoms with van der Waals surface area (Å²) in [4.78, 5) is 30.3. The maximum Gasteiger partial charge on any atom is 0.226 e. The zero-order valence-corrected chi connectivity index (χ0v) is 18.0. The SMILES string of the molecule is CN(C)c1ncc(-c2ccc(N)nc2)c(C2CCN(C(=O)Cc3ccccc3)CC2)n1. The molecule has 1 aliphatic heterocycles. The summed E-state index contributed by atoms with van der Waals surface area (Å²) in [6, 6.07) is 13.7. The third-order valence-corrected chi connectivity index (χ3v) is 5.74. The lowest BCUT2D eigenvalue weighted by molar-refractivity contribution is -0.131. The lowest BCUT2D eigenvalue weighted by Gasteiger charge is -2.33. The molecule has 0 unspecified atom stereocenters. The number of piperidine rings is 1. The van der Waals surface area contributed by atoms with Crippen molar-refractivity contribution in [2.24, 2.45) is 0 Å². The first-order valence-corrected chi connectivity index (χ1v) is 10.6. The summed E-state index contributed by atoms with van der Waals surface area (Å²) >= 11 is 0. The number of amides is 1. The van der Waals surface area contributed by atoms with E-state index in [4.69, 9.17) is 10.7 Å². The second-order valence-electron chi connectivity index (χ2n) is 8.15. The number of carbonyl (C=O) groups excluding carboxylic acids is 1. The van der Waals surface area contributed by atoms with Crippen LogP contribution in [0.3, 0.4) is 0 Å². The Labute approximate surface area is 183 Å². The largest absolute Gasteiger partial charge is 0.384 e. The van der Waals surface area contributed by atoms with Crippen LogP contribution in [0.5, 0.6) is 0 Å². The van der Waals surface area contributed by atoms with Crippen molar-refractivity contribution < 1.29 is 4.79 Å². The normalized spacial score (nSPS) is 14.5. The van der Waals surface area contributed by atoms with Gasteiger partial charge in [0, 0.05) is 56.6 Å². The summed E-state index contributed by atoms with van der Waals surface area (Å²) in [5.41, 5.74) is 9.77. The van der Waals surface area contributed by atoms with Crippen molar-refractivity contribution in [3.05, 3.63) is 66.1 Å². The van der Waals surface area contributed by atoms with Crippen molar-refractivity contribution in [1.29, 1.82) is 0 Å². The van der Waals surface area contributed by atoms with E-state index in [1.54, 1.807) is 12.3 Å². The van der Waals surface area contributed by atoms with Gasteiger partial charge in [0.25, 0.3) is 0 Å². The molecule has 3 heterocycles. The molecule has 0 radical (unpaired) electrons. The van der Waals surface area contributed by atoms with Crippen molar-refractivity contribution >= 4 is 17.7 Å². The molecule has 2 N–H and O–H groups in total. The average Bonchev–Trinajstić information content (AvgIpc) is 2.80. The van der Waals surface area contributed by atoms with E-state index in [1.165, 1.54) is 0 Å². The van der Waals surface area contributed by atoms with Crippen LogP contribution in [0.4, 0.5) is 11.8 Å². The lowest BCUT2D eigenvalue weighted by Crippen LogP contribution is -2.39. The first-order chi connectivity index (χ1) is 15.0. The van der Waals surface area contributed by atoms with E-state index in [1.807, 2.05) is 66.5 Å². The number of likely N-dealkylation sites (tertiary alicyclic amines) is 1. The second kappa shape index (κ2) is 9.12. The van der Waals surface area contributed by atoms with E-state index in [0.29, 0.717) is 18.2 Å². The van der Waals surface area contributed by atoms with E-state index >= 15 is 0 Å². The molecule has 7 nitrogen and oxygen atoms in total. The second-order valence-corrected chi connectivity index (χ2v) is 8.15. The number of rotatable bonds is 5. The summed E-state index contributed by atoms with van der Waals surface area (Å²) in [5, 5.41) is 0. The fourth-order valence-corrected chi connectivity index (χ4v) is 3.98. The van der Waals surface area contributed by atoms with Crippen molar-refractivity contribution in [3.63, 3.8) is 0 Å². The molecule has 0 atom stereocenters. The van der Waals surface area contributed by atoms with Crippen LogP contribution >= 0.6 is 0 Å². The molecule has 0 spiro atoms. The maximum atomic E-state index is 12.7. The molecule has 4 rings (SSSR count). The van der Waals surface area contributed by atoms with Crippen molar-refractivity contribution in [2.75, 3.05) is 37.8 Å². The number of aromatic nitrogens is 3. The van der Waals surface area contributed by atoms with Gasteiger partial charge < -0.3 is 15.5 Å². The van der Waals surface area contributed by atoms with Crippen LogP contribution in [0.15, 0.2) is 54.9 Å². The molecule has 1 amide bonds. The van der Waals surface area contributed by atoms with Crippen LogP contribution in [0.25, 0.3) is 11.1 Å². The number of nitrogens with two attached hydrogens (primary N) is 1. The molecule has 160 valence electrons. The minimum Gasteiger partial charge on any atom is -0.384 e. The van der Waals surface area contributed by atoms with E-state index < -0.39 is 0 Å². The third kappa shape index (κ3) is 4.82. The van der Waals surface area contributed by atoms with Crippen molar-refractivity contribution in [2.45, 2.75) is 25.2 Å². The van der Waals surface area contributed by atoms with Crippen molar-refractivity contribution in [1.82, 2.24) is 19.9 Å². The molecular weight excluding hydrogens is 388 g/mol. The number of carbonyl (C=O) groups is 1. The summed E-state index contributed by atoms with van der Waals surface area (Å²) in [6.45, 7) is 1.47. The molecule has 1 fully saturated rings. The zero-order chi connectivity index (χ0) is 21.8. The van der Waals surface area contributed by atoms with Gasteiger partial charge in [-0.25, -0.2) is 15.0 Å². The summed E-state index contributed by atoms with van der Waals surface area (Å²) < 4.78 is 0. The number of pyridine rings is 1. The Bertz CT molecular complexity index is 1030. The topological polar surface area (TPSA) is 88.2 Å². The molecule has 7 heteroatoms. The molecule has 0 saturated carbocycles. The highest BCUT2D eigenvalue weighted by Gasteiger charge is 2.27. The van der Waals surface area contributed by atoms with Gasteiger partial charge in [-0.1, -0.05) is 30.3 Å². The van der Waals surface area contributed by atoms with Gasteiger partial charge in [-0.15, -0.1) is 0 Å². The minimum absolute atomic E-state index is 0.185. The highest BCUT2D eigenvalue weighted by molar-refractivity contribution is 5.79. The van der Waals surface area contributed by atoms with Gasteiger partial charge in [0.05, 0.1) is 12.1 Å². The van der Waals surface area contributed by atoms with Gasteiger partial charge >= 0.3 is 0 Å². The summed E-state index contributed by atoms with van der Waals surface area (Å²) in [5.74, 6) is 1.62. The van der Waals surface area contributed by atoms with Gasteiger partial charge in [0.1, 0.15) is 5.82 Å². The molecule has 0 bridgehead atoms. The highest BCUT2D eigenvalue weighted by Crippen LogP contribution is 2.34. The molecule has 1 aromatic carbocycles. The zero-order valence-electron chi connectivity index (χ0n) is 18.0. The fourth-order valence-electron chi connectivity index (χ4n) is 3.98. The van der Waals surface area contributed by atoms with Crippen LogP contribution in [0.1, 0.15) is 30.0 Å². The predicted molar refractivity (Wildman–Crippen MR) is 123 cm³/mol. The Morgan fingerprint density at radius 3 is 2.45 bits per heavy atom. The van der Waals surface area contributed by atoms with E-state index in [-0.39, 0.29) is 11.8 Å². The van der Waals surface area contributed by atoms with E-state index in [2.05, 4.69) is 9.97 Å². The highest BCUT2D eigenvalue weighted by atomic mass is 16.2. The number of hydrogen-bond donors (Lipinski definition) is 1. The summed E-state index contributed by atoms with van der Waals surface area (Å²) in [6.07, 6.45) is 5.84. The Morgan fingerprint density at radius 2 is 1.81 bits per heavy atom. The summed E-state index contributed by atoms with van der Waals surface area (Å²) in [7, 11) is 3.88. The molecule has 31 heavy (non-hydrogen) atoms. The predicted octanol–water partition coefficient (Wildman–Crippen LogP) is 3.14. The van der Waals surface area contributed by atoms with Crippen LogP contribution in [0, 0.1) is 0 Å². The first-order valence-electron chi connectivity index (χ1n) is 10.6. The Balaban J connectivity index is 1.52. The smallest absolute Gasteiger partial charge is 0.226 e. The number of hydrogen-bond acceptors (Lipinski definition) is 6. The standard InChI is InChI=1S/C24H28N6O/c1-29(2)24-27-16-20(19-8-9-21(25)26-15-19)23(28-24)18-10-12-30(13-11-18)22(31)14-17-6-4-3-5-7-17/h3-9,15-16,18H,10-14H2,1-2H3,(H2,25,26). The average molecular weight is 417 g/mol. The maximum absolute atomic E-state index is 12.7. The van der Waals surface area contributed by atoms with Gasteiger partial charge in [-0.05, 0) is 30.5 Å². The molecule has 0 aliphatic carbocycles. The molecular formula is C24H28N6O. The molecule has 2 aromatic heterocycles. The van der Waals surface area contributed by atoms with Crippen LogP contribution in [-0.2, 0) is 11.2 Å². The minimum atomic E-state index is 0.185. The Kier molecular flexibility index (Phi) is 6.11. The number of nitrogen functional groups attached to an aromatic ring is 1. The first kappa shape index (κ1) is 20.8. The van der Waals surface area contributed by atoms with Gasteiger partial charge in [-0.3, -0.25) is 4.79 Å². The van der Waals surface area contributed by atoms with Crippen LogP contribution in [-0.4, -0.2) is 52.9 Å². The third-order valence-electron chi connectivity index (χ3n) is 5.74. The molecule has 3 aromatic rings. The van der Waals surface area contributed by atoms with Gasteiger partial charge in [0.15, 0.2) is 0 Å². The lowest BCUT2D eigenvalue weighted by atomic mass is 9.89. The van der Waals surface area contributed by atoms with Crippen molar-refractivity contribution in [3.8, 4) is 11.1 Å². The monoisotopic (exact) mass is 416 g/mol. The molecule has 1 aliphatic rings. The van der Waals surface area contributed by atoms with Crippen LogP contribution < -0.4 is 10.6 Å². The van der Waals surface area contributed by atoms with E-state index in [0.717, 1.165) is 48.3 Å². The van der Waals surface area contributed by atoms with E-state index in [9.17, 15) is 4.79 Å². The Morgan fingerprint density at radius 1 is 1.06 bits per heavy atom. The molecule has 1 saturated heterocycles. The number of nitrogens with zero attached hydrogens (tertiary/aromatic N) is 5. The van der Waals surface area contributed by atoms with Crippen LogP contribution in [0.2, 0.25) is 0 Å². The van der Waals surface area contributed by atoms with Gasteiger partial charge in [-0.2, -0.15) is 0 Å². The number of anilines is 2. The van der Waals surface area contributed by atoms with Gasteiger partial charge in [0.2, 0.25) is 11.9 Å². The number of benzene rings is 1. The quantitative estimate of drug-likeness (QED) is 0.687.